The van der Waals surface area contributed by atoms with Gasteiger partial charge in [0.2, 0.25) is 0 Å². The number of hydrogen-bond acceptors (Lipinski definition) is 3. The van der Waals surface area contributed by atoms with Crippen molar-refractivity contribution < 1.29 is 9.53 Å². The van der Waals surface area contributed by atoms with Gasteiger partial charge < -0.3 is 4.74 Å². The summed E-state index contributed by atoms with van der Waals surface area (Å²) < 4.78 is 5.84. The Balaban J connectivity index is 2.02. The van der Waals surface area contributed by atoms with Crippen LogP contribution >= 0.6 is 11.3 Å². The minimum atomic E-state index is -0.00935. The molecule has 0 amide bonds. The number of rotatable bonds is 2. The number of carbonyl (C=O) groups is 1. The molecule has 0 spiro atoms. The van der Waals surface area contributed by atoms with Gasteiger partial charge in [0.25, 0.3) is 0 Å². The van der Waals surface area contributed by atoms with Crippen LogP contribution in [0.15, 0.2) is 35.7 Å². The first-order valence-electron chi connectivity index (χ1n) is 5.61. The van der Waals surface area contributed by atoms with Crippen LogP contribution in [0.4, 0.5) is 0 Å². The van der Waals surface area contributed by atoms with E-state index in [9.17, 15) is 4.79 Å². The Morgan fingerprint density at radius 3 is 3.06 bits per heavy atom. The van der Waals surface area contributed by atoms with Crippen LogP contribution in [0, 0.1) is 0 Å². The molecule has 0 radical (unpaired) electrons. The molecule has 2 aromatic rings. The molecule has 0 bridgehead atoms. The Morgan fingerprint density at radius 2 is 2.24 bits per heavy atom. The first-order valence-corrected chi connectivity index (χ1v) is 6.49. The number of hydrogen-bond donors (Lipinski definition) is 0. The molecular formula is C14H12O2S. The van der Waals surface area contributed by atoms with Crippen LogP contribution in [0.3, 0.4) is 0 Å². The van der Waals surface area contributed by atoms with E-state index in [4.69, 9.17) is 4.74 Å². The van der Waals surface area contributed by atoms with E-state index in [2.05, 4.69) is 18.2 Å². The van der Waals surface area contributed by atoms with Crippen LogP contribution in [0.25, 0.3) is 0 Å². The summed E-state index contributed by atoms with van der Waals surface area (Å²) in [5.74, 6) is 0. The first kappa shape index (κ1) is 10.7. The van der Waals surface area contributed by atoms with E-state index in [1.54, 1.807) is 0 Å². The fourth-order valence-corrected chi connectivity index (χ4v) is 2.96. The summed E-state index contributed by atoms with van der Waals surface area (Å²) in [5.41, 5.74) is 3.67. The topological polar surface area (TPSA) is 26.3 Å². The minimum Gasteiger partial charge on any atom is -0.368 e. The van der Waals surface area contributed by atoms with Crippen molar-refractivity contribution in [2.24, 2.45) is 0 Å². The molecule has 1 atom stereocenters. The van der Waals surface area contributed by atoms with Crippen LogP contribution < -0.4 is 0 Å². The third-order valence-corrected chi connectivity index (χ3v) is 3.93. The molecule has 86 valence electrons. The summed E-state index contributed by atoms with van der Waals surface area (Å²) in [7, 11) is 0. The second kappa shape index (κ2) is 4.43. The van der Waals surface area contributed by atoms with Gasteiger partial charge in [-0.15, -0.1) is 11.3 Å². The van der Waals surface area contributed by atoms with Crippen LogP contribution in [0.5, 0.6) is 0 Å². The van der Waals surface area contributed by atoms with E-state index in [1.807, 2.05) is 17.5 Å². The summed E-state index contributed by atoms with van der Waals surface area (Å²) in [6, 6.07) is 10.3. The fourth-order valence-electron chi connectivity index (χ4n) is 2.24. The smallest absolute Gasteiger partial charge is 0.160 e. The van der Waals surface area contributed by atoms with Gasteiger partial charge in [0, 0.05) is 0 Å². The van der Waals surface area contributed by atoms with Crippen LogP contribution in [-0.4, -0.2) is 12.9 Å². The molecular weight excluding hydrogens is 232 g/mol. The van der Waals surface area contributed by atoms with Gasteiger partial charge in [0.1, 0.15) is 6.10 Å². The van der Waals surface area contributed by atoms with Gasteiger partial charge in [-0.25, -0.2) is 0 Å². The molecule has 3 heteroatoms. The number of ether oxygens (including phenoxy) is 1. The van der Waals surface area contributed by atoms with E-state index in [0.29, 0.717) is 0 Å². The van der Waals surface area contributed by atoms with E-state index in [0.717, 1.165) is 29.8 Å². The Kier molecular flexibility index (Phi) is 2.79. The molecule has 1 aromatic carbocycles. The molecule has 2 nitrogen and oxygen atoms in total. The molecule has 1 unspecified atom stereocenters. The average Bonchev–Trinajstić information content (AvgIpc) is 2.87. The molecule has 3 rings (SSSR count). The van der Waals surface area contributed by atoms with Crippen molar-refractivity contribution in [3.63, 3.8) is 0 Å². The molecule has 0 saturated carbocycles. The molecule has 0 fully saturated rings. The fraction of sp³-hybridized carbons (Fsp3) is 0.214. The zero-order valence-corrected chi connectivity index (χ0v) is 10.1. The van der Waals surface area contributed by atoms with E-state index in [-0.39, 0.29) is 6.10 Å². The lowest BCUT2D eigenvalue weighted by molar-refractivity contribution is 0.0701. The van der Waals surface area contributed by atoms with Gasteiger partial charge in [0.15, 0.2) is 6.29 Å². The van der Waals surface area contributed by atoms with Gasteiger partial charge in [-0.05, 0) is 34.6 Å². The van der Waals surface area contributed by atoms with Gasteiger partial charge >= 0.3 is 0 Å². The number of thiophene rings is 1. The predicted molar refractivity (Wildman–Crippen MR) is 67.6 cm³/mol. The highest BCUT2D eigenvalue weighted by Gasteiger charge is 2.22. The quantitative estimate of drug-likeness (QED) is 0.758. The normalized spacial score (nSPS) is 18.7. The maximum absolute atomic E-state index is 10.7. The zero-order valence-electron chi connectivity index (χ0n) is 9.26. The summed E-state index contributed by atoms with van der Waals surface area (Å²) in [5, 5.41) is 2.01. The summed E-state index contributed by atoms with van der Waals surface area (Å²) in [4.78, 5) is 11.5. The lowest BCUT2D eigenvalue weighted by atomic mass is 9.94. The zero-order chi connectivity index (χ0) is 11.7. The third kappa shape index (κ3) is 1.92. The van der Waals surface area contributed by atoms with Crippen LogP contribution in [-0.2, 0) is 11.2 Å². The highest BCUT2D eigenvalue weighted by molar-refractivity contribution is 7.11. The number of aldehydes is 1. The molecule has 1 aromatic heterocycles. The maximum Gasteiger partial charge on any atom is 0.160 e. The van der Waals surface area contributed by atoms with Crippen molar-refractivity contribution in [1.82, 2.24) is 0 Å². The van der Waals surface area contributed by atoms with E-state index >= 15 is 0 Å². The minimum absolute atomic E-state index is 0.00935. The Bertz CT molecular complexity index is 545. The highest BCUT2D eigenvalue weighted by atomic mass is 32.1. The monoisotopic (exact) mass is 244 g/mol. The Morgan fingerprint density at radius 1 is 1.35 bits per heavy atom. The highest BCUT2D eigenvalue weighted by Crippen LogP contribution is 2.34. The second-order valence-electron chi connectivity index (χ2n) is 4.10. The summed E-state index contributed by atoms with van der Waals surface area (Å²) in [6.07, 6.45) is 1.85. The average molecular weight is 244 g/mol. The number of benzene rings is 1. The molecule has 0 aliphatic carbocycles. The lowest BCUT2D eigenvalue weighted by Gasteiger charge is -2.25. The Hall–Kier alpha value is -1.45. The van der Waals surface area contributed by atoms with Gasteiger partial charge in [-0.2, -0.15) is 0 Å². The molecule has 0 N–H and O–H groups in total. The summed E-state index contributed by atoms with van der Waals surface area (Å²) >= 11 is 1.47. The van der Waals surface area contributed by atoms with Crippen molar-refractivity contribution in [3.05, 3.63) is 57.3 Å². The van der Waals surface area contributed by atoms with Crippen LogP contribution in [0.2, 0.25) is 0 Å². The predicted octanol–water partition coefficient (Wildman–Crippen LogP) is 3.22. The lowest BCUT2D eigenvalue weighted by Crippen LogP contribution is -2.16. The standard InChI is InChI=1S/C14H12O2S/c15-8-12-7-11(9-17-12)14-13-4-2-1-3-10(13)5-6-16-14/h1-4,7-9,14H,5-6H2. The Labute approximate surface area is 104 Å². The molecule has 17 heavy (non-hydrogen) atoms. The van der Waals surface area contributed by atoms with E-state index < -0.39 is 0 Å². The molecule has 1 aliphatic heterocycles. The maximum atomic E-state index is 10.7. The van der Waals surface area contributed by atoms with Crippen molar-refractivity contribution >= 4 is 17.6 Å². The third-order valence-electron chi connectivity index (χ3n) is 3.05. The molecule has 0 saturated heterocycles. The number of fused-ring (bicyclic) bond motifs is 1. The van der Waals surface area contributed by atoms with Crippen molar-refractivity contribution in [2.75, 3.05) is 6.61 Å². The van der Waals surface area contributed by atoms with Crippen molar-refractivity contribution in [3.8, 4) is 0 Å². The van der Waals surface area contributed by atoms with Crippen LogP contribution in [0.1, 0.15) is 32.5 Å². The SMILES string of the molecule is O=Cc1cc(C2OCCc3ccccc32)cs1. The second-order valence-corrected chi connectivity index (χ2v) is 5.04. The van der Waals surface area contributed by atoms with Crippen molar-refractivity contribution in [1.29, 1.82) is 0 Å². The first-order chi connectivity index (χ1) is 8.38. The summed E-state index contributed by atoms with van der Waals surface area (Å²) in [6.45, 7) is 0.744. The van der Waals surface area contributed by atoms with Gasteiger partial charge in [-0.1, -0.05) is 24.3 Å². The van der Waals surface area contributed by atoms with Gasteiger partial charge in [-0.3, -0.25) is 4.79 Å². The van der Waals surface area contributed by atoms with E-state index in [1.165, 1.54) is 22.5 Å². The molecule has 2 heterocycles. The largest absolute Gasteiger partial charge is 0.368 e. The number of carbonyl (C=O) groups excluding carboxylic acids is 1. The van der Waals surface area contributed by atoms with Crippen molar-refractivity contribution in [2.45, 2.75) is 12.5 Å². The molecule has 1 aliphatic rings. The van der Waals surface area contributed by atoms with Gasteiger partial charge in [0.05, 0.1) is 11.5 Å².